The van der Waals surface area contributed by atoms with E-state index in [1.165, 1.54) is 12.8 Å². The van der Waals surface area contributed by atoms with Crippen LogP contribution < -0.4 is 0 Å². The molecule has 1 saturated carbocycles. The predicted octanol–water partition coefficient (Wildman–Crippen LogP) is 6.64. The van der Waals surface area contributed by atoms with Crippen LogP contribution in [0, 0.1) is 16.2 Å². The third-order valence-corrected chi connectivity index (χ3v) is 15.9. The van der Waals surface area contributed by atoms with Crippen molar-refractivity contribution in [2.24, 2.45) is 16.2 Å². The standard InChI is InChI=1S/C16H33P2.2CH3.Ti/c1-14(2,3)16(15(4,5)6)10-12(17-7)9-13(11-16)18-8;;;/h12,17-18H,9-11H2,1-8H3;2*1H3;. The Morgan fingerprint density at radius 1 is 0.905 bits per heavy atom. The Labute approximate surface area is 144 Å². The van der Waals surface area contributed by atoms with Crippen molar-refractivity contribution in [2.75, 3.05) is 13.3 Å². The number of rotatable bonds is 3. The molecule has 0 spiro atoms. The van der Waals surface area contributed by atoms with Gasteiger partial charge < -0.3 is 0 Å². The van der Waals surface area contributed by atoms with Gasteiger partial charge in [0.1, 0.15) is 0 Å². The second-order valence-electron chi connectivity index (χ2n) is 9.48. The van der Waals surface area contributed by atoms with E-state index in [1.54, 1.807) is 6.42 Å². The number of hydrogen-bond acceptors (Lipinski definition) is 0. The second kappa shape index (κ2) is 6.83. The topological polar surface area (TPSA) is 0 Å². The summed E-state index contributed by atoms with van der Waals surface area (Å²) in [6, 6.07) is 0. The summed E-state index contributed by atoms with van der Waals surface area (Å²) in [6.45, 7) is 20.1. The van der Waals surface area contributed by atoms with Gasteiger partial charge in [0.05, 0.1) is 0 Å². The monoisotopic (exact) mass is 365 g/mol. The molecule has 0 aromatic heterocycles. The minimum absolute atomic E-state index is 0.405. The molecule has 21 heavy (non-hydrogen) atoms. The van der Waals surface area contributed by atoms with Crippen molar-refractivity contribution in [1.29, 1.82) is 0 Å². The molecule has 1 aliphatic rings. The molecule has 0 N–H and O–H groups in total. The quantitative estimate of drug-likeness (QED) is 0.388. The van der Waals surface area contributed by atoms with Gasteiger partial charge in [0.25, 0.3) is 0 Å². The molecular weight excluding hydrogens is 326 g/mol. The molecule has 1 fully saturated rings. The minimum atomic E-state index is -0.941. The van der Waals surface area contributed by atoms with Crippen molar-refractivity contribution >= 4 is 17.2 Å². The molecule has 0 aliphatic heterocycles. The maximum atomic E-state index is 2.65. The van der Waals surface area contributed by atoms with Gasteiger partial charge in [-0.15, -0.1) is 0 Å². The summed E-state index contributed by atoms with van der Waals surface area (Å²) in [4.78, 5) is 0. The van der Waals surface area contributed by atoms with E-state index in [9.17, 15) is 0 Å². The van der Waals surface area contributed by atoms with Crippen LogP contribution >= 0.6 is 17.2 Å². The van der Waals surface area contributed by atoms with Crippen LogP contribution in [0.15, 0.2) is 0 Å². The Kier molecular flexibility index (Phi) is 6.70. The summed E-state index contributed by atoms with van der Waals surface area (Å²) >= 11 is -0.941. The molecule has 0 nitrogen and oxygen atoms in total. The Bertz CT molecular complexity index is 337. The first-order valence-electron chi connectivity index (χ1n) is 8.52. The van der Waals surface area contributed by atoms with Gasteiger partial charge in [-0.3, -0.25) is 0 Å². The van der Waals surface area contributed by atoms with E-state index in [-0.39, 0.29) is 0 Å². The van der Waals surface area contributed by atoms with Gasteiger partial charge in [0.2, 0.25) is 0 Å². The average molecular weight is 365 g/mol. The molecule has 1 rings (SSSR count). The van der Waals surface area contributed by atoms with E-state index in [0.717, 1.165) is 26.3 Å². The molecule has 1 aliphatic carbocycles. The van der Waals surface area contributed by atoms with Crippen molar-refractivity contribution in [3.8, 4) is 0 Å². The molecule has 0 bridgehead atoms. The van der Waals surface area contributed by atoms with Crippen LogP contribution in [0.1, 0.15) is 60.8 Å². The van der Waals surface area contributed by atoms with Crippen LogP contribution in [-0.4, -0.2) is 22.4 Å². The van der Waals surface area contributed by atoms with Crippen LogP contribution in [0.3, 0.4) is 0 Å². The molecule has 0 heterocycles. The van der Waals surface area contributed by atoms with E-state index in [1.807, 2.05) is 0 Å². The van der Waals surface area contributed by atoms with E-state index in [2.05, 4.69) is 65.3 Å². The van der Waals surface area contributed by atoms with Gasteiger partial charge in [0, 0.05) is 0 Å². The first-order chi connectivity index (χ1) is 9.35. The molecule has 0 radical (unpaired) electrons. The molecule has 0 amide bonds. The Balaban J connectivity index is 3.43. The van der Waals surface area contributed by atoms with Crippen LogP contribution in [0.25, 0.3) is 0 Å². The van der Waals surface area contributed by atoms with Crippen LogP contribution in [0.5, 0.6) is 0 Å². The summed E-state index contributed by atoms with van der Waals surface area (Å²) in [5, 5.41) is 5.29. The normalized spacial score (nSPS) is 31.4. The molecule has 0 aromatic rings. The SMILES string of the molecule is CPC1C[C](PC)([Ti]([CH3])[CH3])CC(C(C)(C)C)(C(C)(C)C)C1. The molecular formula is C18H39P2Ti. The number of hydrogen-bond donors (Lipinski definition) is 0. The van der Waals surface area contributed by atoms with Gasteiger partial charge in [-0.05, 0) is 0 Å². The van der Waals surface area contributed by atoms with Crippen molar-refractivity contribution < 1.29 is 17.9 Å². The van der Waals surface area contributed by atoms with E-state index in [0.29, 0.717) is 16.2 Å². The summed E-state index contributed by atoms with van der Waals surface area (Å²) in [6.07, 6.45) is 4.52. The van der Waals surface area contributed by atoms with Crippen molar-refractivity contribution in [3.05, 3.63) is 0 Å². The fourth-order valence-electron chi connectivity index (χ4n) is 4.87. The fraction of sp³-hybridized carbons (Fsp3) is 1.00. The summed E-state index contributed by atoms with van der Waals surface area (Å²) in [5.74, 6) is 0. The third-order valence-electron chi connectivity index (χ3n) is 6.51. The van der Waals surface area contributed by atoms with E-state index < -0.39 is 17.9 Å². The zero-order valence-electron chi connectivity index (χ0n) is 16.2. The van der Waals surface area contributed by atoms with Gasteiger partial charge in [-0.2, -0.15) is 0 Å². The third kappa shape index (κ3) is 3.81. The molecule has 4 atom stereocenters. The van der Waals surface area contributed by atoms with E-state index >= 15 is 0 Å². The summed E-state index contributed by atoms with van der Waals surface area (Å²) in [5.41, 5.74) is 2.29. The molecule has 4 unspecified atom stereocenters. The first-order valence-corrected chi connectivity index (χ1v) is 15.5. The summed E-state index contributed by atoms with van der Waals surface area (Å²) in [7, 11) is 2.28. The Morgan fingerprint density at radius 2 is 1.38 bits per heavy atom. The Hall–Kier alpha value is 1.57. The molecule has 125 valence electrons. The van der Waals surface area contributed by atoms with Gasteiger partial charge in [0.15, 0.2) is 0 Å². The molecule has 3 heteroatoms. The van der Waals surface area contributed by atoms with Crippen molar-refractivity contribution in [1.82, 2.24) is 0 Å². The first kappa shape index (κ1) is 20.6. The van der Waals surface area contributed by atoms with Crippen molar-refractivity contribution in [3.63, 3.8) is 0 Å². The van der Waals surface area contributed by atoms with Gasteiger partial charge in [-0.1, -0.05) is 0 Å². The van der Waals surface area contributed by atoms with Gasteiger partial charge in [-0.25, -0.2) is 0 Å². The Morgan fingerprint density at radius 3 is 1.67 bits per heavy atom. The maximum absolute atomic E-state index is 2.65. The molecule has 0 aromatic carbocycles. The fourth-order valence-corrected chi connectivity index (χ4v) is 12.3. The van der Waals surface area contributed by atoms with Crippen LogP contribution in [0.2, 0.25) is 10.5 Å². The van der Waals surface area contributed by atoms with Gasteiger partial charge >= 0.3 is 145 Å². The van der Waals surface area contributed by atoms with Crippen LogP contribution in [-0.2, 0) is 17.9 Å². The zero-order valence-corrected chi connectivity index (χ0v) is 19.8. The second-order valence-corrected chi connectivity index (χ2v) is 17.7. The van der Waals surface area contributed by atoms with E-state index in [4.69, 9.17) is 0 Å². The predicted molar refractivity (Wildman–Crippen MR) is 102 cm³/mol. The van der Waals surface area contributed by atoms with Crippen LogP contribution in [0.4, 0.5) is 0 Å². The van der Waals surface area contributed by atoms with Crippen molar-refractivity contribution in [2.45, 2.75) is 80.4 Å². The zero-order chi connectivity index (χ0) is 16.7. The summed E-state index contributed by atoms with van der Waals surface area (Å²) < 4.78 is 0.743. The average Bonchev–Trinajstić information content (AvgIpc) is 2.35. The molecule has 0 saturated heterocycles.